The van der Waals surface area contributed by atoms with Crippen molar-refractivity contribution in [1.29, 1.82) is 0 Å². The Labute approximate surface area is 147 Å². The van der Waals surface area contributed by atoms with Crippen LogP contribution in [0.1, 0.15) is 11.1 Å². The van der Waals surface area contributed by atoms with E-state index < -0.39 is 6.04 Å². The molecule has 0 unspecified atom stereocenters. The molecule has 126 valence electrons. The lowest BCUT2D eigenvalue weighted by molar-refractivity contribution is -0.142. The van der Waals surface area contributed by atoms with E-state index in [1.807, 2.05) is 54.6 Å². The summed E-state index contributed by atoms with van der Waals surface area (Å²) in [6.45, 7) is 0. The number of rotatable bonds is 7. The van der Waals surface area contributed by atoms with Crippen molar-refractivity contribution in [3.63, 3.8) is 0 Å². The van der Waals surface area contributed by atoms with Crippen LogP contribution in [0.5, 0.6) is 5.75 Å². The van der Waals surface area contributed by atoms with E-state index in [1.54, 1.807) is 7.11 Å². The highest BCUT2D eigenvalue weighted by Gasteiger charge is 2.20. The van der Waals surface area contributed by atoms with Crippen molar-refractivity contribution in [1.82, 2.24) is 5.32 Å². The first-order chi connectivity index (χ1) is 11.6. The van der Waals surface area contributed by atoms with E-state index >= 15 is 0 Å². The number of carbonyl (C=O) groups excluding carboxylic acids is 1. The molecule has 0 aromatic heterocycles. The van der Waals surface area contributed by atoms with E-state index in [4.69, 9.17) is 21.7 Å². The molecule has 0 bridgehead atoms. The van der Waals surface area contributed by atoms with Crippen molar-refractivity contribution < 1.29 is 14.3 Å². The minimum Gasteiger partial charge on any atom is -0.497 e. The molecule has 4 nitrogen and oxygen atoms in total. The van der Waals surface area contributed by atoms with Gasteiger partial charge in [0.1, 0.15) is 11.8 Å². The van der Waals surface area contributed by atoms with Gasteiger partial charge in [0.2, 0.25) is 0 Å². The Morgan fingerprint density at radius 3 is 2.29 bits per heavy atom. The second-order valence-corrected chi connectivity index (χ2v) is 5.85. The zero-order valence-corrected chi connectivity index (χ0v) is 14.6. The lowest BCUT2D eigenvalue weighted by atomic mass is 10.1. The van der Waals surface area contributed by atoms with E-state index in [1.165, 1.54) is 7.11 Å². The molecule has 1 N–H and O–H groups in total. The lowest BCUT2D eigenvalue weighted by Gasteiger charge is -2.18. The predicted octanol–water partition coefficient (Wildman–Crippen LogP) is 2.94. The van der Waals surface area contributed by atoms with Crippen molar-refractivity contribution in [2.75, 3.05) is 14.2 Å². The van der Waals surface area contributed by atoms with Gasteiger partial charge in [0.25, 0.3) is 0 Å². The first-order valence-electron chi connectivity index (χ1n) is 7.66. The number of hydrogen-bond donors (Lipinski definition) is 1. The fraction of sp³-hybridized carbons (Fsp3) is 0.263. The molecule has 5 heteroatoms. The Kier molecular flexibility index (Phi) is 6.75. The molecule has 0 saturated carbocycles. The van der Waals surface area contributed by atoms with Crippen molar-refractivity contribution in [3.05, 3.63) is 65.7 Å². The second-order valence-electron chi connectivity index (χ2n) is 5.36. The highest BCUT2D eigenvalue weighted by molar-refractivity contribution is 7.80. The van der Waals surface area contributed by atoms with E-state index in [-0.39, 0.29) is 5.97 Å². The minimum absolute atomic E-state index is 0.323. The van der Waals surface area contributed by atoms with Gasteiger partial charge in [-0.05, 0) is 23.3 Å². The topological polar surface area (TPSA) is 47.6 Å². The summed E-state index contributed by atoms with van der Waals surface area (Å²) < 4.78 is 10.0. The van der Waals surface area contributed by atoms with Gasteiger partial charge in [-0.3, -0.25) is 0 Å². The monoisotopic (exact) mass is 343 g/mol. The number of nitrogens with one attached hydrogen (secondary N) is 1. The van der Waals surface area contributed by atoms with Gasteiger partial charge in [0, 0.05) is 12.8 Å². The zero-order valence-electron chi connectivity index (χ0n) is 13.8. The number of methoxy groups -OCH3 is 2. The van der Waals surface area contributed by atoms with Gasteiger partial charge in [0.05, 0.1) is 19.2 Å². The number of ether oxygens (including phenoxy) is 2. The minimum atomic E-state index is -0.497. The van der Waals surface area contributed by atoms with Crippen molar-refractivity contribution in [2.24, 2.45) is 0 Å². The first-order valence-corrected chi connectivity index (χ1v) is 8.07. The molecular formula is C19H21NO3S. The van der Waals surface area contributed by atoms with Gasteiger partial charge in [-0.25, -0.2) is 4.79 Å². The quantitative estimate of drug-likeness (QED) is 0.619. The molecule has 0 aliphatic rings. The predicted molar refractivity (Wildman–Crippen MR) is 98.4 cm³/mol. The molecule has 1 atom stereocenters. The molecule has 0 fully saturated rings. The zero-order chi connectivity index (χ0) is 17.4. The average Bonchev–Trinajstić information content (AvgIpc) is 2.62. The van der Waals surface area contributed by atoms with Crippen LogP contribution in [-0.2, 0) is 22.4 Å². The van der Waals surface area contributed by atoms with Gasteiger partial charge in [-0.1, -0.05) is 54.7 Å². The van der Waals surface area contributed by atoms with Crippen LogP contribution in [0.25, 0.3) is 0 Å². The van der Waals surface area contributed by atoms with E-state index in [2.05, 4.69) is 5.32 Å². The Morgan fingerprint density at radius 2 is 1.71 bits per heavy atom. The molecule has 0 aliphatic heterocycles. The molecule has 24 heavy (non-hydrogen) atoms. The highest BCUT2D eigenvalue weighted by Crippen LogP contribution is 2.12. The molecule has 0 amide bonds. The van der Waals surface area contributed by atoms with Gasteiger partial charge in [-0.2, -0.15) is 0 Å². The summed E-state index contributed by atoms with van der Waals surface area (Å²) in [4.78, 5) is 12.6. The Bertz CT molecular complexity index is 671. The molecule has 0 aliphatic carbocycles. The van der Waals surface area contributed by atoms with Crippen LogP contribution in [0.15, 0.2) is 54.6 Å². The smallest absolute Gasteiger partial charge is 0.328 e. The van der Waals surface area contributed by atoms with Crippen LogP contribution in [0.3, 0.4) is 0 Å². The number of carbonyl (C=O) groups is 1. The van der Waals surface area contributed by atoms with Crippen LogP contribution >= 0.6 is 12.2 Å². The SMILES string of the molecule is COC(=O)[C@H](Cc1ccccc1)NC(=S)Cc1ccc(OC)cc1. The lowest BCUT2D eigenvalue weighted by Crippen LogP contribution is -2.43. The first kappa shape index (κ1) is 17.9. The summed E-state index contributed by atoms with van der Waals surface area (Å²) in [5.41, 5.74) is 2.10. The van der Waals surface area contributed by atoms with E-state index in [0.29, 0.717) is 17.8 Å². The van der Waals surface area contributed by atoms with Crippen LogP contribution in [-0.4, -0.2) is 31.2 Å². The Balaban J connectivity index is 1.99. The average molecular weight is 343 g/mol. The third kappa shape index (κ3) is 5.35. The third-order valence-corrected chi connectivity index (χ3v) is 3.89. The van der Waals surface area contributed by atoms with Gasteiger partial charge < -0.3 is 14.8 Å². The fourth-order valence-corrected chi connectivity index (χ4v) is 2.67. The fourth-order valence-electron chi connectivity index (χ4n) is 2.36. The van der Waals surface area contributed by atoms with Crippen molar-refractivity contribution >= 4 is 23.2 Å². The molecule has 2 aromatic rings. The Hall–Kier alpha value is -2.40. The van der Waals surface area contributed by atoms with Crippen molar-refractivity contribution in [2.45, 2.75) is 18.9 Å². The molecule has 0 spiro atoms. The van der Waals surface area contributed by atoms with Gasteiger partial charge in [-0.15, -0.1) is 0 Å². The van der Waals surface area contributed by atoms with Crippen LogP contribution < -0.4 is 10.1 Å². The third-order valence-electron chi connectivity index (χ3n) is 3.63. The summed E-state index contributed by atoms with van der Waals surface area (Å²) in [5.74, 6) is 0.477. The standard InChI is InChI=1S/C19H21NO3S/c1-22-16-10-8-15(9-11-16)13-18(24)20-17(19(21)23-2)12-14-6-4-3-5-7-14/h3-11,17H,12-13H2,1-2H3,(H,20,24)/t17-/m0/s1. The maximum atomic E-state index is 12.0. The van der Waals surface area contributed by atoms with Crippen LogP contribution in [0, 0.1) is 0 Å². The number of hydrogen-bond acceptors (Lipinski definition) is 4. The van der Waals surface area contributed by atoms with Crippen LogP contribution in [0.4, 0.5) is 0 Å². The Morgan fingerprint density at radius 1 is 1.04 bits per heavy atom. The van der Waals surface area contributed by atoms with E-state index in [9.17, 15) is 4.79 Å². The molecule has 2 aromatic carbocycles. The number of thiocarbonyl (C=S) groups is 1. The largest absolute Gasteiger partial charge is 0.497 e. The summed E-state index contributed by atoms with van der Waals surface area (Å²) >= 11 is 5.41. The number of benzene rings is 2. The molecule has 0 heterocycles. The molecule has 0 radical (unpaired) electrons. The van der Waals surface area contributed by atoms with Crippen molar-refractivity contribution in [3.8, 4) is 5.75 Å². The number of esters is 1. The van der Waals surface area contributed by atoms with Gasteiger partial charge in [0.15, 0.2) is 0 Å². The summed E-state index contributed by atoms with van der Waals surface area (Å²) in [6.07, 6.45) is 1.08. The summed E-state index contributed by atoms with van der Waals surface area (Å²) in [5, 5.41) is 3.12. The second kappa shape index (κ2) is 9.03. The molecule has 0 saturated heterocycles. The molecule has 2 rings (SSSR count). The van der Waals surface area contributed by atoms with E-state index in [0.717, 1.165) is 16.9 Å². The van der Waals surface area contributed by atoms with Crippen LogP contribution in [0.2, 0.25) is 0 Å². The summed E-state index contributed by atoms with van der Waals surface area (Å²) in [7, 11) is 3.01. The summed E-state index contributed by atoms with van der Waals surface area (Å²) in [6, 6.07) is 17.0. The van der Waals surface area contributed by atoms with Gasteiger partial charge >= 0.3 is 5.97 Å². The maximum absolute atomic E-state index is 12.0. The highest BCUT2D eigenvalue weighted by atomic mass is 32.1. The maximum Gasteiger partial charge on any atom is 0.328 e. The normalized spacial score (nSPS) is 11.4. The molecular weight excluding hydrogens is 322 g/mol.